The smallest absolute Gasteiger partial charge is 0.433 e. The number of benzene rings is 2. The molecule has 0 unspecified atom stereocenters. The maximum absolute atomic E-state index is 13.0. The zero-order chi connectivity index (χ0) is 26.4. The number of halogens is 3. The number of ketones is 1. The van der Waals surface area contributed by atoms with Crippen LogP contribution in [0.15, 0.2) is 54.7 Å². The molecule has 2 heterocycles. The molecule has 6 nitrogen and oxygen atoms in total. The fourth-order valence-corrected chi connectivity index (χ4v) is 5.01. The van der Waals surface area contributed by atoms with Crippen LogP contribution in [-0.4, -0.2) is 33.5 Å². The van der Waals surface area contributed by atoms with Gasteiger partial charge in [0.05, 0.1) is 18.1 Å². The van der Waals surface area contributed by atoms with Gasteiger partial charge < -0.3 is 15.2 Å². The highest BCUT2D eigenvalue weighted by Crippen LogP contribution is 2.43. The van der Waals surface area contributed by atoms with Crippen LogP contribution in [0.25, 0.3) is 11.1 Å². The first-order chi connectivity index (χ1) is 17.5. The van der Waals surface area contributed by atoms with Crippen molar-refractivity contribution in [3.8, 4) is 16.9 Å². The minimum Gasteiger partial charge on any atom is -0.486 e. The van der Waals surface area contributed by atoms with Gasteiger partial charge >= 0.3 is 6.18 Å². The third-order valence-electron chi connectivity index (χ3n) is 7.08. The Morgan fingerprint density at radius 2 is 1.84 bits per heavy atom. The minimum absolute atomic E-state index is 0.0116. The summed E-state index contributed by atoms with van der Waals surface area (Å²) in [5.74, 6) is -0.184. The fourth-order valence-electron chi connectivity index (χ4n) is 5.01. The van der Waals surface area contributed by atoms with E-state index in [1.54, 1.807) is 24.3 Å². The maximum Gasteiger partial charge on any atom is 0.433 e. The molecule has 1 aliphatic heterocycles. The Balaban J connectivity index is 1.41. The second-order valence-electron chi connectivity index (χ2n) is 9.74. The standard InChI is InChI=1S/C28H25F3N2O4/c1-16-2-4-19(33-26(36)18-8-11-32-25(13-18)28(29,30)31)14-22(16)17-3-5-21-23(35)15-27(37-24(21)12-17)9-6-20(34)7-10-27/h2-5,8,11-14,20,34H,6-7,9-10,15H2,1H3,(H,33,36). The van der Waals surface area contributed by atoms with E-state index in [2.05, 4.69) is 10.3 Å². The minimum atomic E-state index is -4.65. The quantitative estimate of drug-likeness (QED) is 0.454. The van der Waals surface area contributed by atoms with E-state index in [-0.39, 0.29) is 23.9 Å². The molecule has 1 fully saturated rings. The number of nitrogens with zero attached hydrogens (tertiary/aromatic N) is 1. The number of alkyl halides is 3. The number of fused-ring (bicyclic) bond motifs is 1. The van der Waals surface area contributed by atoms with Gasteiger partial charge in [-0.15, -0.1) is 0 Å². The number of aromatic nitrogens is 1. The summed E-state index contributed by atoms with van der Waals surface area (Å²) in [6, 6.07) is 12.5. The number of aryl methyl sites for hydroxylation is 1. The molecule has 1 amide bonds. The third-order valence-corrected chi connectivity index (χ3v) is 7.08. The number of pyridine rings is 1. The van der Waals surface area contributed by atoms with Gasteiger partial charge in [-0.05, 0) is 85.7 Å². The van der Waals surface area contributed by atoms with E-state index in [4.69, 9.17) is 4.74 Å². The number of Topliss-reactive ketones (excluding diaryl/α,β-unsaturated/α-hetero) is 1. The van der Waals surface area contributed by atoms with Crippen molar-refractivity contribution >= 4 is 17.4 Å². The molecule has 2 N–H and O–H groups in total. The van der Waals surface area contributed by atoms with Crippen LogP contribution in [0.4, 0.5) is 18.9 Å². The van der Waals surface area contributed by atoms with Gasteiger partial charge in [0.2, 0.25) is 0 Å². The summed E-state index contributed by atoms with van der Waals surface area (Å²) >= 11 is 0. The van der Waals surface area contributed by atoms with Crippen LogP contribution in [0.2, 0.25) is 0 Å². The molecule has 1 aliphatic carbocycles. The predicted octanol–water partition coefficient (Wildman–Crippen LogP) is 5.97. The zero-order valence-corrected chi connectivity index (χ0v) is 20.1. The van der Waals surface area contributed by atoms with Crippen molar-refractivity contribution in [1.29, 1.82) is 0 Å². The zero-order valence-electron chi connectivity index (χ0n) is 20.1. The number of carbonyl (C=O) groups is 2. The van der Waals surface area contributed by atoms with Crippen LogP contribution < -0.4 is 10.1 Å². The van der Waals surface area contributed by atoms with Gasteiger partial charge in [-0.2, -0.15) is 13.2 Å². The second-order valence-corrected chi connectivity index (χ2v) is 9.74. The van der Waals surface area contributed by atoms with E-state index in [1.165, 1.54) is 6.07 Å². The first kappa shape index (κ1) is 25.0. The van der Waals surface area contributed by atoms with Gasteiger partial charge in [0.25, 0.3) is 5.91 Å². The topological polar surface area (TPSA) is 88.5 Å². The number of hydrogen-bond acceptors (Lipinski definition) is 5. The molecule has 3 aromatic rings. The first-order valence-corrected chi connectivity index (χ1v) is 12.0. The van der Waals surface area contributed by atoms with E-state index >= 15 is 0 Å². The van der Waals surface area contributed by atoms with Crippen LogP contribution in [0, 0.1) is 6.92 Å². The van der Waals surface area contributed by atoms with Gasteiger partial charge in [-0.1, -0.05) is 12.1 Å². The lowest BCUT2D eigenvalue weighted by Gasteiger charge is -2.42. The molecule has 0 bridgehead atoms. The van der Waals surface area contributed by atoms with Crippen LogP contribution >= 0.6 is 0 Å². The number of amides is 1. The number of aliphatic hydroxyl groups excluding tert-OH is 1. The van der Waals surface area contributed by atoms with Gasteiger partial charge in [0.1, 0.15) is 17.0 Å². The molecule has 9 heteroatoms. The van der Waals surface area contributed by atoms with Gasteiger partial charge in [0.15, 0.2) is 5.78 Å². The highest BCUT2D eigenvalue weighted by molar-refractivity contribution is 6.05. The molecular weight excluding hydrogens is 485 g/mol. The van der Waals surface area contributed by atoms with Crippen LogP contribution in [0.1, 0.15) is 64.1 Å². The van der Waals surface area contributed by atoms with Crippen molar-refractivity contribution in [3.63, 3.8) is 0 Å². The number of ether oxygens (including phenoxy) is 1. The number of carbonyl (C=O) groups excluding carboxylic acids is 2. The Kier molecular flexibility index (Phi) is 6.27. The molecule has 0 radical (unpaired) electrons. The molecule has 192 valence electrons. The SMILES string of the molecule is Cc1ccc(NC(=O)c2ccnc(C(F)(F)F)c2)cc1-c1ccc2c(c1)OC1(CCC(O)CC1)CC2=O. The van der Waals surface area contributed by atoms with Crippen LogP contribution in [-0.2, 0) is 6.18 Å². The summed E-state index contributed by atoms with van der Waals surface area (Å²) < 4.78 is 45.3. The van der Waals surface area contributed by atoms with Crippen molar-refractivity contribution in [2.45, 2.75) is 56.9 Å². The lowest BCUT2D eigenvalue weighted by atomic mass is 9.77. The normalized spacial score (nSPS) is 21.3. The first-order valence-electron chi connectivity index (χ1n) is 12.0. The highest BCUT2D eigenvalue weighted by Gasteiger charge is 2.43. The van der Waals surface area contributed by atoms with Crippen molar-refractivity contribution < 1.29 is 32.6 Å². The molecule has 2 aromatic carbocycles. The number of hydrogen-bond donors (Lipinski definition) is 2. The van der Waals surface area contributed by atoms with Gasteiger partial charge in [-0.3, -0.25) is 14.6 Å². The van der Waals surface area contributed by atoms with E-state index in [1.807, 2.05) is 19.1 Å². The lowest BCUT2D eigenvalue weighted by Crippen LogP contribution is -2.45. The predicted molar refractivity (Wildman–Crippen MR) is 131 cm³/mol. The summed E-state index contributed by atoms with van der Waals surface area (Å²) in [5.41, 5.74) is 1.47. The number of rotatable bonds is 3. The highest BCUT2D eigenvalue weighted by atomic mass is 19.4. The molecule has 5 rings (SSSR count). The Labute approximate surface area is 211 Å². The Morgan fingerprint density at radius 3 is 2.57 bits per heavy atom. The summed E-state index contributed by atoms with van der Waals surface area (Å²) in [6.07, 6.45) is -1.39. The average Bonchev–Trinajstić information content (AvgIpc) is 2.86. The summed E-state index contributed by atoms with van der Waals surface area (Å²) in [5, 5.41) is 12.5. The number of nitrogens with one attached hydrogen (secondary N) is 1. The van der Waals surface area contributed by atoms with Crippen LogP contribution in [0.3, 0.4) is 0 Å². The van der Waals surface area contributed by atoms with E-state index in [0.29, 0.717) is 48.8 Å². The summed E-state index contributed by atoms with van der Waals surface area (Å²) in [6.45, 7) is 1.90. The molecule has 1 saturated carbocycles. The molecule has 37 heavy (non-hydrogen) atoms. The lowest BCUT2D eigenvalue weighted by molar-refractivity contribution is -0.141. The Morgan fingerprint density at radius 1 is 1.08 bits per heavy atom. The Bertz CT molecular complexity index is 1380. The number of anilines is 1. The summed E-state index contributed by atoms with van der Waals surface area (Å²) in [7, 11) is 0. The molecule has 0 saturated heterocycles. The van der Waals surface area contributed by atoms with E-state index in [0.717, 1.165) is 22.9 Å². The maximum atomic E-state index is 13.0. The average molecular weight is 511 g/mol. The largest absolute Gasteiger partial charge is 0.486 e. The van der Waals surface area contributed by atoms with Crippen LogP contribution in [0.5, 0.6) is 5.75 Å². The van der Waals surface area contributed by atoms with E-state index < -0.39 is 23.4 Å². The molecule has 1 spiro atoms. The number of aliphatic hydroxyl groups is 1. The van der Waals surface area contributed by atoms with Gasteiger partial charge in [0, 0.05) is 17.4 Å². The molecule has 1 aromatic heterocycles. The van der Waals surface area contributed by atoms with Crippen molar-refractivity contribution in [2.24, 2.45) is 0 Å². The fraction of sp³-hybridized carbons (Fsp3) is 0.321. The second kappa shape index (κ2) is 9.30. The Hall–Kier alpha value is -3.72. The van der Waals surface area contributed by atoms with Gasteiger partial charge in [-0.25, -0.2) is 0 Å². The van der Waals surface area contributed by atoms with Crippen molar-refractivity contribution in [1.82, 2.24) is 4.98 Å². The third kappa shape index (κ3) is 5.09. The molecular formula is C28H25F3N2O4. The van der Waals surface area contributed by atoms with Crippen molar-refractivity contribution in [3.05, 3.63) is 77.1 Å². The monoisotopic (exact) mass is 510 g/mol. The molecule has 2 aliphatic rings. The van der Waals surface area contributed by atoms with Crippen molar-refractivity contribution in [2.75, 3.05) is 5.32 Å². The molecule has 0 atom stereocenters. The summed E-state index contributed by atoms with van der Waals surface area (Å²) in [4.78, 5) is 28.8. The van der Waals surface area contributed by atoms with E-state index in [9.17, 15) is 27.9 Å².